The molecule has 0 aromatic heterocycles. The molecular weight excluding hydrogens is 419 g/mol. The molecule has 0 heterocycles. The summed E-state index contributed by atoms with van der Waals surface area (Å²) < 4.78 is 0. The van der Waals surface area contributed by atoms with Gasteiger partial charge in [0.2, 0.25) is 0 Å². The van der Waals surface area contributed by atoms with Crippen LogP contribution < -0.4 is 10.6 Å². The molecule has 1 fully saturated rings. The lowest BCUT2D eigenvalue weighted by Crippen LogP contribution is -2.32. The van der Waals surface area contributed by atoms with E-state index in [4.69, 9.17) is 23.2 Å². The Bertz CT molecular complexity index is 1080. The Labute approximate surface area is 185 Å². The number of anilines is 1. The number of hydrogen-bond donors (Lipinski definition) is 2. The lowest BCUT2D eigenvalue weighted by atomic mass is 9.96. The van der Waals surface area contributed by atoms with E-state index in [-0.39, 0.29) is 22.3 Å². The maximum atomic E-state index is 12.6. The van der Waals surface area contributed by atoms with E-state index in [0.717, 1.165) is 12.8 Å². The standard InChI is InChI=1S/C24H20Cl2N2O2/c25-18-8-11-20(21(26)14-18)23(30)28-19-9-6-16(7-10-19)22(29)27-15-24(12-13-24)17-4-2-1-3-5-17/h1-11,14H,12-13,15H2,(H,27,29)(H,28,30). The summed E-state index contributed by atoms with van der Waals surface area (Å²) in [7, 11) is 0. The average Bonchev–Trinajstić information content (AvgIpc) is 3.54. The summed E-state index contributed by atoms with van der Waals surface area (Å²) in [5.41, 5.74) is 2.78. The summed E-state index contributed by atoms with van der Waals surface area (Å²) in [5.74, 6) is -0.469. The molecule has 0 aliphatic heterocycles. The fraction of sp³-hybridized carbons (Fsp3) is 0.167. The smallest absolute Gasteiger partial charge is 0.257 e. The van der Waals surface area contributed by atoms with E-state index in [2.05, 4.69) is 22.8 Å². The Morgan fingerprint density at radius 3 is 2.20 bits per heavy atom. The Hall–Kier alpha value is -2.82. The summed E-state index contributed by atoms with van der Waals surface area (Å²) in [6.07, 6.45) is 2.16. The van der Waals surface area contributed by atoms with Crippen LogP contribution in [0.2, 0.25) is 10.0 Å². The first-order valence-corrected chi connectivity index (χ1v) is 10.4. The van der Waals surface area contributed by atoms with Gasteiger partial charge in [-0.2, -0.15) is 0 Å². The van der Waals surface area contributed by atoms with Crippen LogP contribution in [0.3, 0.4) is 0 Å². The van der Waals surface area contributed by atoms with Crippen LogP contribution in [0.4, 0.5) is 5.69 Å². The fourth-order valence-corrected chi connectivity index (χ4v) is 3.93. The fourth-order valence-electron chi connectivity index (χ4n) is 3.44. The zero-order valence-electron chi connectivity index (χ0n) is 16.1. The van der Waals surface area contributed by atoms with E-state index in [1.807, 2.05) is 18.2 Å². The largest absolute Gasteiger partial charge is 0.351 e. The molecule has 0 spiro atoms. The minimum atomic E-state index is -0.340. The highest BCUT2D eigenvalue weighted by Crippen LogP contribution is 2.47. The summed E-state index contributed by atoms with van der Waals surface area (Å²) in [6.45, 7) is 0.614. The number of carbonyl (C=O) groups excluding carboxylic acids is 2. The molecule has 0 saturated heterocycles. The molecule has 6 heteroatoms. The summed E-state index contributed by atoms with van der Waals surface area (Å²) in [5, 5.41) is 6.56. The lowest BCUT2D eigenvalue weighted by Gasteiger charge is -2.16. The van der Waals surface area contributed by atoms with Gasteiger partial charge in [-0.3, -0.25) is 9.59 Å². The highest BCUT2D eigenvalue weighted by molar-refractivity contribution is 6.37. The number of carbonyl (C=O) groups is 2. The molecule has 152 valence electrons. The van der Waals surface area contributed by atoms with Gasteiger partial charge in [-0.25, -0.2) is 0 Å². The zero-order valence-corrected chi connectivity index (χ0v) is 17.6. The number of rotatable bonds is 6. The van der Waals surface area contributed by atoms with Gasteiger partial charge in [0, 0.05) is 28.2 Å². The third-order valence-corrected chi connectivity index (χ3v) is 5.96. The molecule has 1 aliphatic carbocycles. The molecule has 3 aromatic carbocycles. The van der Waals surface area contributed by atoms with Gasteiger partial charge in [-0.05, 0) is 60.9 Å². The molecule has 1 saturated carbocycles. The summed E-state index contributed by atoms with van der Waals surface area (Å²) in [4.78, 5) is 25.0. The second kappa shape index (κ2) is 8.50. The topological polar surface area (TPSA) is 58.2 Å². The van der Waals surface area contributed by atoms with Crippen molar-refractivity contribution in [1.29, 1.82) is 0 Å². The highest BCUT2D eigenvalue weighted by Gasteiger charge is 2.44. The number of amides is 2. The molecule has 0 unspecified atom stereocenters. The number of halogens is 2. The molecule has 30 heavy (non-hydrogen) atoms. The van der Waals surface area contributed by atoms with Gasteiger partial charge >= 0.3 is 0 Å². The third-order valence-electron chi connectivity index (χ3n) is 5.41. The van der Waals surface area contributed by atoms with E-state index in [1.165, 1.54) is 11.6 Å². The monoisotopic (exact) mass is 438 g/mol. The minimum absolute atomic E-state index is 0.0582. The number of benzene rings is 3. The first-order valence-electron chi connectivity index (χ1n) is 9.67. The van der Waals surface area contributed by atoms with E-state index in [1.54, 1.807) is 36.4 Å². The molecule has 2 amide bonds. The average molecular weight is 439 g/mol. The van der Waals surface area contributed by atoms with Crippen molar-refractivity contribution in [3.8, 4) is 0 Å². The van der Waals surface area contributed by atoms with E-state index in [9.17, 15) is 9.59 Å². The van der Waals surface area contributed by atoms with Crippen LogP contribution in [0, 0.1) is 0 Å². The Morgan fingerprint density at radius 2 is 1.57 bits per heavy atom. The van der Waals surface area contributed by atoms with Crippen LogP contribution in [0.25, 0.3) is 0 Å². The second-order valence-electron chi connectivity index (χ2n) is 7.48. The Morgan fingerprint density at radius 1 is 0.867 bits per heavy atom. The van der Waals surface area contributed by atoms with Crippen LogP contribution in [0.15, 0.2) is 72.8 Å². The molecular formula is C24H20Cl2N2O2. The van der Waals surface area contributed by atoms with Crippen molar-refractivity contribution in [2.45, 2.75) is 18.3 Å². The molecule has 4 nitrogen and oxygen atoms in total. The van der Waals surface area contributed by atoms with Crippen molar-refractivity contribution < 1.29 is 9.59 Å². The van der Waals surface area contributed by atoms with Crippen LogP contribution in [0.5, 0.6) is 0 Å². The summed E-state index contributed by atoms with van der Waals surface area (Å²) in [6, 6.07) is 21.8. The van der Waals surface area contributed by atoms with Gasteiger partial charge in [0.15, 0.2) is 0 Å². The second-order valence-corrected chi connectivity index (χ2v) is 8.33. The lowest BCUT2D eigenvalue weighted by molar-refractivity contribution is 0.0949. The van der Waals surface area contributed by atoms with Crippen molar-refractivity contribution in [1.82, 2.24) is 5.32 Å². The van der Waals surface area contributed by atoms with Crippen molar-refractivity contribution in [2.24, 2.45) is 0 Å². The first kappa shape index (κ1) is 20.5. The molecule has 4 rings (SSSR count). The first-order chi connectivity index (χ1) is 14.5. The van der Waals surface area contributed by atoms with E-state index in [0.29, 0.717) is 28.4 Å². The normalized spacial score (nSPS) is 14.1. The van der Waals surface area contributed by atoms with E-state index >= 15 is 0 Å². The Kier molecular flexibility index (Phi) is 5.80. The van der Waals surface area contributed by atoms with Gasteiger partial charge in [-0.15, -0.1) is 0 Å². The molecule has 0 radical (unpaired) electrons. The summed E-state index contributed by atoms with van der Waals surface area (Å²) >= 11 is 11.9. The van der Waals surface area contributed by atoms with Crippen molar-refractivity contribution in [3.63, 3.8) is 0 Å². The van der Waals surface area contributed by atoms with Gasteiger partial charge in [0.05, 0.1) is 10.6 Å². The molecule has 2 N–H and O–H groups in total. The molecule has 3 aromatic rings. The maximum absolute atomic E-state index is 12.6. The zero-order chi connectivity index (χ0) is 21.1. The molecule has 0 atom stereocenters. The van der Waals surface area contributed by atoms with Crippen molar-refractivity contribution >= 4 is 40.7 Å². The molecule has 1 aliphatic rings. The quantitative estimate of drug-likeness (QED) is 0.517. The minimum Gasteiger partial charge on any atom is -0.351 e. The van der Waals surface area contributed by atoms with E-state index < -0.39 is 0 Å². The predicted molar refractivity (Wildman–Crippen MR) is 121 cm³/mol. The third kappa shape index (κ3) is 4.50. The number of nitrogens with one attached hydrogen (secondary N) is 2. The van der Waals surface area contributed by atoms with Gasteiger partial charge in [0.25, 0.3) is 11.8 Å². The highest BCUT2D eigenvalue weighted by atomic mass is 35.5. The van der Waals surface area contributed by atoms with Crippen LogP contribution in [-0.4, -0.2) is 18.4 Å². The number of hydrogen-bond acceptors (Lipinski definition) is 2. The van der Waals surface area contributed by atoms with Crippen molar-refractivity contribution in [2.75, 3.05) is 11.9 Å². The van der Waals surface area contributed by atoms with Gasteiger partial charge < -0.3 is 10.6 Å². The van der Waals surface area contributed by atoms with Gasteiger partial charge in [-0.1, -0.05) is 53.5 Å². The Balaban J connectivity index is 1.36. The molecule has 0 bridgehead atoms. The predicted octanol–water partition coefficient (Wildman–Crippen LogP) is 5.71. The SMILES string of the molecule is O=C(NCC1(c2ccccc2)CC1)c1ccc(NC(=O)c2ccc(Cl)cc2Cl)cc1. The van der Waals surface area contributed by atoms with Crippen LogP contribution in [0.1, 0.15) is 39.1 Å². The maximum Gasteiger partial charge on any atom is 0.257 e. The van der Waals surface area contributed by atoms with Crippen LogP contribution in [-0.2, 0) is 5.41 Å². The van der Waals surface area contributed by atoms with Crippen LogP contribution >= 0.6 is 23.2 Å². The van der Waals surface area contributed by atoms with Crippen molar-refractivity contribution in [3.05, 3.63) is 99.5 Å². The van der Waals surface area contributed by atoms with Gasteiger partial charge in [0.1, 0.15) is 0 Å².